The fourth-order valence-electron chi connectivity index (χ4n) is 1.72. The van der Waals surface area contributed by atoms with Crippen molar-refractivity contribution in [2.45, 2.75) is 44.2 Å². The van der Waals surface area contributed by atoms with Crippen LogP contribution >= 0.6 is 0 Å². The van der Waals surface area contributed by atoms with Crippen LogP contribution in [0.25, 0.3) is 0 Å². The van der Waals surface area contributed by atoms with Gasteiger partial charge >= 0.3 is 0 Å². The Morgan fingerprint density at radius 1 is 1.40 bits per heavy atom. The van der Waals surface area contributed by atoms with E-state index in [1.165, 1.54) is 12.8 Å². The number of nitrogens with zero attached hydrogens (tertiary/aromatic N) is 1. The van der Waals surface area contributed by atoms with Crippen LogP contribution in [0, 0.1) is 0 Å². The van der Waals surface area contributed by atoms with Gasteiger partial charge in [0.2, 0.25) is 5.96 Å². The van der Waals surface area contributed by atoms with Crippen molar-refractivity contribution in [3.63, 3.8) is 0 Å². The minimum atomic E-state index is 0.0678. The molecule has 1 saturated heterocycles. The zero-order valence-electron chi connectivity index (χ0n) is 9.25. The van der Waals surface area contributed by atoms with Gasteiger partial charge < -0.3 is 10.1 Å². The lowest BCUT2D eigenvalue weighted by atomic mass is 9.93. The molecule has 0 aromatic heterocycles. The highest BCUT2D eigenvalue weighted by molar-refractivity contribution is 5.80. The molecule has 15 heavy (non-hydrogen) atoms. The van der Waals surface area contributed by atoms with Crippen molar-refractivity contribution in [2.75, 3.05) is 13.2 Å². The Labute approximate surface area is 90.4 Å². The third-order valence-electron chi connectivity index (χ3n) is 3.01. The summed E-state index contributed by atoms with van der Waals surface area (Å²) in [5.74, 6) is 6.17. The molecule has 1 aliphatic heterocycles. The highest BCUT2D eigenvalue weighted by Crippen LogP contribution is 2.24. The number of guanidine groups is 1. The van der Waals surface area contributed by atoms with Gasteiger partial charge in [0.25, 0.3) is 0 Å². The molecule has 5 nitrogen and oxygen atoms in total. The van der Waals surface area contributed by atoms with Crippen molar-refractivity contribution < 1.29 is 4.74 Å². The molecular weight excluding hydrogens is 192 g/mol. The van der Waals surface area contributed by atoms with Crippen LogP contribution in [0.1, 0.15) is 32.6 Å². The number of hydrogen-bond donors (Lipinski definition) is 3. The lowest BCUT2D eigenvalue weighted by Gasteiger charge is -2.35. The van der Waals surface area contributed by atoms with Crippen LogP contribution in [0.5, 0.6) is 0 Å². The lowest BCUT2D eigenvalue weighted by molar-refractivity contribution is 0.0521. The molecule has 0 spiro atoms. The summed E-state index contributed by atoms with van der Waals surface area (Å²) in [6.07, 6.45) is 4.37. The summed E-state index contributed by atoms with van der Waals surface area (Å²) in [5.41, 5.74) is 2.71. The summed E-state index contributed by atoms with van der Waals surface area (Å²) in [4.78, 5) is 4.47. The molecule has 0 aromatic carbocycles. The number of nitrogens with one attached hydrogen (secondary N) is 2. The molecule has 1 aliphatic carbocycles. The van der Waals surface area contributed by atoms with Crippen LogP contribution in [-0.4, -0.2) is 30.8 Å². The molecule has 0 unspecified atom stereocenters. The topological polar surface area (TPSA) is 71.7 Å². The minimum absolute atomic E-state index is 0.0678. The van der Waals surface area contributed by atoms with Gasteiger partial charge in [-0.25, -0.2) is 10.8 Å². The fourth-order valence-corrected chi connectivity index (χ4v) is 1.72. The van der Waals surface area contributed by atoms with Gasteiger partial charge in [-0.1, -0.05) is 0 Å². The normalized spacial score (nSPS) is 26.1. The molecular formula is C10H20N4O. The molecule has 0 aromatic rings. The van der Waals surface area contributed by atoms with E-state index in [-0.39, 0.29) is 5.54 Å². The molecule has 5 heteroatoms. The van der Waals surface area contributed by atoms with Crippen LogP contribution in [-0.2, 0) is 4.74 Å². The van der Waals surface area contributed by atoms with Crippen LogP contribution in [0.3, 0.4) is 0 Å². The first-order chi connectivity index (χ1) is 7.22. The summed E-state index contributed by atoms with van der Waals surface area (Å²) < 4.78 is 5.34. The smallest absolute Gasteiger partial charge is 0.206 e. The summed E-state index contributed by atoms with van der Waals surface area (Å²) in [7, 11) is 0. The van der Waals surface area contributed by atoms with Gasteiger partial charge in [-0.2, -0.15) is 0 Å². The van der Waals surface area contributed by atoms with Crippen LogP contribution < -0.4 is 16.6 Å². The van der Waals surface area contributed by atoms with Gasteiger partial charge in [-0.15, -0.1) is 0 Å². The second-order valence-electron chi connectivity index (χ2n) is 4.65. The van der Waals surface area contributed by atoms with Crippen molar-refractivity contribution in [2.24, 2.45) is 10.8 Å². The van der Waals surface area contributed by atoms with E-state index < -0.39 is 0 Å². The molecule has 0 atom stereocenters. The first-order valence-electron chi connectivity index (χ1n) is 5.62. The summed E-state index contributed by atoms with van der Waals surface area (Å²) in [6.45, 7) is 3.81. The number of ether oxygens (including phenoxy) is 1. The molecule has 1 heterocycles. The first kappa shape index (κ1) is 10.7. The van der Waals surface area contributed by atoms with Crippen molar-refractivity contribution in [1.29, 1.82) is 0 Å². The van der Waals surface area contributed by atoms with Gasteiger partial charge in [0.1, 0.15) is 0 Å². The fraction of sp³-hybridized carbons (Fsp3) is 0.900. The Morgan fingerprint density at radius 3 is 2.60 bits per heavy atom. The Bertz CT molecular complexity index is 244. The van der Waals surface area contributed by atoms with Gasteiger partial charge in [0.15, 0.2) is 0 Å². The van der Waals surface area contributed by atoms with Crippen LogP contribution in [0.2, 0.25) is 0 Å². The van der Waals surface area contributed by atoms with E-state index in [2.05, 4.69) is 22.7 Å². The predicted octanol–water partition coefficient (Wildman–Crippen LogP) is 0.127. The van der Waals surface area contributed by atoms with Crippen molar-refractivity contribution in [3.8, 4) is 0 Å². The van der Waals surface area contributed by atoms with E-state index in [1.54, 1.807) is 0 Å². The van der Waals surface area contributed by atoms with Crippen LogP contribution in [0.15, 0.2) is 4.99 Å². The Morgan fingerprint density at radius 2 is 2.07 bits per heavy atom. The summed E-state index contributed by atoms with van der Waals surface area (Å²) in [6, 6.07) is 0.479. The third-order valence-corrected chi connectivity index (χ3v) is 3.01. The molecule has 0 radical (unpaired) electrons. The number of rotatable bonds is 2. The second kappa shape index (κ2) is 4.37. The third kappa shape index (κ3) is 3.07. The number of hydrogen-bond acceptors (Lipinski definition) is 3. The maximum atomic E-state index is 5.45. The number of nitrogens with two attached hydrogens (primary N) is 1. The molecule has 0 amide bonds. The standard InChI is InChI=1S/C10H20N4O/c1-10(4-6-15-7-5-10)13-9(14-11)12-8-2-3-8/h8H,2-7,11H2,1H3,(H2,12,13,14). The molecule has 4 N–H and O–H groups in total. The van der Waals surface area contributed by atoms with E-state index in [0.717, 1.165) is 32.0 Å². The lowest BCUT2D eigenvalue weighted by Crippen LogP contribution is -2.55. The van der Waals surface area contributed by atoms with Gasteiger partial charge in [-0.05, 0) is 32.6 Å². The monoisotopic (exact) mass is 212 g/mol. The first-order valence-corrected chi connectivity index (χ1v) is 5.62. The largest absolute Gasteiger partial charge is 0.381 e. The van der Waals surface area contributed by atoms with Crippen LogP contribution in [0.4, 0.5) is 0 Å². The molecule has 86 valence electrons. The van der Waals surface area contributed by atoms with E-state index in [0.29, 0.717) is 6.04 Å². The predicted molar refractivity (Wildman–Crippen MR) is 59.4 cm³/mol. The average Bonchev–Trinajstić information content (AvgIpc) is 3.01. The van der Waals surface area contributed by atoms with E-state index >= 15 is 0 Å². The number of hydrazine groups is 1. The van der Waals surface area contributed by atoms with Gasteiger partial charge in [-0.3, -0.25) is 5.43 Å². The van der Waals surface area contributed by atoms with Crippen molar-refractivity contribution in [1.82, 2.24) is 10.7 Å². The summed E-state index contributed by atoms with van der Waals surface area (Å²) in [5, 5.41) is 3.39. The quantitative estimate of drug-likeness (QED) is 0.263. The highest BCUT2D eigenvalue weighted by Gasteiger charge is 2.29. The Kier molecular flexibility index (Phi) is 3.11. The van der Waals surface area contributed by atoms with Crippen molar-refractivity contribution in [3.05, 3.63) is 0 Å². The molecule has 1 saturated carbocycles. The van der Waals surface area contributed by atoms with Gasteiger partial charge in [0.05, 0.1) is 6.04 Å². The van der Waals surface area contributed by atoms with E-state index in [4.69, 9.17) is 10.6 Å². The van der Waals surface area contributed by atoms with Crippen molar-refractivity contribution >= 4 is 5.96 Å². The maximum absolute atomic E-state index is 5.45. The second-order valence-corrected chi connectivity index (χ2v) is 4.65. The Hall–Kier alpha value is -0.810. The molecule has 2 aliphatic rings. The average molecular weight is 212 g/mol. The molecule has 0 bridgehead atoms. The van der Waals surface area contributed by atoms with E-state index in [9.17, 15) is 0 Å². The van der Waals surface area contributed by atoms with E-state index in [1.807, 2.05) is 0 Å². The summed E-state index contributed by atoms with van der Waals surface area (Å²) >= 11 is 0. The zero-order chi connectivity index (χ0) is 10.7. The van der Waals surface area contributed by atoms with Gasteiger partial charge in [0, 0.05) is 18.8 Å². The molecule has 2 rings (SSSR count). The maximum Gasteiger partial charge on any atom is 0.206 e. The highest BCUT2D eigenvalue weighted by atomic mass is 16.5. The zero-order valence-corrected chi connectivity index (χ0v) is 9.25. The number of aliphatic imine (C=N–C) groups is 1. The Balaban J connectivity index is 1.91. The minimum Gasteiger partial charge on any atom is -0.381 e. The molecule has 2 fully saturated rings. The SMILES string of the molecule is CC1(NC(=NC2CC2)NN)CCOCC1.